The smallest absolute Gasteiger partial charge is 0.332 e. The number of aryl methyl sites for hydroxylation is 2. The average molecular weight is 801 g/mol. The summed E-state index contributed by atoms with van der Waals surface area (Å²) < 4.78 is 6.23. The van der Waals surface area contributed by atoms with Gasteiger partial charge in [-0.05, 0) is 75.4 Å². The Morgan fingerprint density at radius 3 is 1.30 bits per heavy atom. The highest BCUT2D eigenvalue weighted by atomic mass is 16.6. The highest BCUT2D eigenvalue weighted by molar-refractivity contribution is 5.96. The van der Waals surface area contributed by atoms with Crippen LogP contribution in [0.1, 0.15) is 67.0 Å². The van der Waals surface area contributed by atoms with Crippen molar-refractivity contribution in [2.45, 2.75) is 83.3 Å². The van der Waals surface area contributed by atoms with E-state index in [0.29, 0.717) is 16.7 Å². The second-order valence-corrected chi connectivity index (χ2v) is 15.6. The van der Waals surface area contributed by atoms with Crippen molar-refractivity contribution in [3.63, 3.8) is 0 Å². The molecule has 3 atom stereocenters. The molecule has 2 N–H and O–H groups in total. The van der Waals surface area contributed by atoms with Crippen molar-refractivity contribution in [1.82, 2.24) is 9.80 Å². The summed E-state index contributed by atoms with van der Waals surface area (Å²) >= 11 is 0. The first-order valence-corrected chi connectivity index (χ1v) is 20.8. The van der Waals surface area contributed by atoms with Crippen LogP contribution in [0.4, 0.5) is 4.79 Å². The van der Waals surface area contributed by atoms with Crippen molar-refractivity contribution in [1.29, 1.82) is 0 Å². The zero-order valence-electron chi connectivity index (χ0n) is 34.4. The molecule has 0 radical (unpaired) electrons. The summed E-state index contributed by atoms with van der Waals surface area (Å²) in [7, 11) is 0. The normalized spacial score (nSPS) is 15.8. The molecule has 1 aliphatic heterocycles. The number of esters is 1. The summed E-state index contributed by atoms with van der Waals surface area (Å²) in [6, 6.07) is 46.5. The van der Waals surface area contributed by atoms with E-state index in [1.165, 1.54) is 20.9 Å². The average Bonchev–Trinajstić information content (AvgIpc) is 3.54. The van der Waals surface area contributed by atoms with Gasteiger partial charge in [0.05, 0.1) is 0 Å². The Hall–Kier alpha value is -6.51. The number of hydrogen-bond acceptors (Lipinski definition) is 5. The highest BCUT2D eigenvalue weighted by Gasteiger charge is 2.55. The van der Waals surface area contributed by atoms with Crippen LogP contribution < -0.4 is 0 Å². The summed E-state index contributed by atoms with van der Waals surface area (Å²) in [6.07, 6.45) is 2.90. The number of aliphatic hydroxyl groups is 1. The van der Waals surface area contributed by atoms with E-state index < -0.39 is 41.8 Å². The molecule has 1 heterocycles. The van der Waals surface area contributed by atoms with E-state index in [1.807, 2.05) is 97.1 Å². The molecule has 0 spiro atoms. The lowest BCUT2D eigenvalue weighted by Crippen LogP contribution is -2.51. The van der Waals surface area contributed by atoms with Gasteiger partial charge in [-0.3, -0.25) is 0 Å². The molecule has 0 bridgehead atoms. The second-order valence-electron chi connectivity index (χ2n) is 15.6. The third kappa shape index (κ3) is 8.89. The Morgan fingerprint density at radius 2 is 0.933 bits per heavy atom. The first kappa shape index (κ1) is 41.6. The standard InChI is InChI=1S/C52H52N2O6/c1-4-12-37-18-22-41(23-19-37)43-26-30-45(31-27-43)52(59,46-32-28-44(29-33-46)42-24-20-38(13-5-2)21-25-42)36(3)60-50(57)48-47(49(55)56)53(34-39-14-8-6-9-15-39)51(58)54(48)35-40-16-10-7-11-17-40/h6-11,14-33,36,47-48,59H,4-5,12-13,34-35H2,1-3H3,(H,55,56)/t36-,47-,48+/m0/s1. The van der Waals surface area contributed by atoms with Gasteiger partial charge in [0, 0.05) is 13.1 Å². The summed E-state index contributed by atoms with van der Waals surface area (Å²) in [5.41, 5.74) is 7.03. The summed E-state index contributed by atoms with van der Waals surface area (Å²) in [5, 5.41) is 23.7. The number of aliphatic carboxylic acids is 1. The minimum Gasteiger partial charge on any atom is -0.480 e. The van der Waals surface area contributed by atoms with Gasteiger partial charge in [0.25, 0.3) is 0 Å². The summed E-state index contributed by atoms with van der Waals surface area (Å²) in [5.74, 6) is -2.27. The van der Waals surface area contributed by atoms with Crippen molar-refractivity contribution in [2.75, 3.05) is 0 Å². The van der Waals surface area contributed by atoms with Crippen molar-refractivity contribution in [3.05, 3.63) is 191 Å². The van der Waals surface area contributed by atoms with Gasteiger partial charge in [-0.1, -0.05) is 184 Å². The van der Waals surface area contributed by atoms with E-state index in [1.54, 1.807) is 19.1 Å². The Balaban J connectivity index is 1.24. The Labute approximate surface area is 352 Å². The molecular formula is C52H52N2O6. The molecule has 0 aromatic heterocycles. The predicted molar refractivity (Wildman–Crippen MR) is 235 cm³/mol. The molecule has 2 amide bonds. The lowest BCUT2D eigenvalue weighted by atomic mass is 9.81. The van der Waals surface area contributed by atoms with Gasteiger partial charge in [-0.15, -0.1) is 0 Å². The molecule has 306 valence electrons. The summed E-state index contributed by atoms with van der Waals surface area (Å²) in [4.78, 5) is 44.4. The van der Waals surface area contributed by atoms with Crippen LogP contribution in [0.25, 0.3) is 22.3 Å². The van der Waals surface area contributed by atoms with E-state index in [9.17, 15) is 24.6 Å². The molecule has 0 unspecified atom stereocenters. The molecule has 60 heavy (non-hydrogen) atoms. The monoisotopic (exact) mass is 800 g/mol. The molecule has 6 aromatic rings. The zero-order valence-corrected chi connectivity index (χ0v) is 34.4. The minimum atomic E-state index is -1.88. The Bertz CT molecular complexity index is 2270. The maximum atomic E-state index is 14.6. The van der Waals surface area contributed by atoms with Gasteiger partial charge in [0.15, 0.2) is 17.7 Å². The van der Waals surface area contributed by atoms with Gasteiger partial charge >= 0.3 is 18.0 Å². The number of hydrogen-bond donors (Lipinski definition) is 2. The SMILES string of the molecule is CCCc1ccc(-c2ccc(C(O)(c3ccc(-c4ccc(CCC)cc4)cc3)[C@H](C)OC(=O)[C@H]3[C@@H](C(=O)O)N(Cc4ccccc4)C(=O)N3Cc3ccccc3)cc2)cc1. The van der Waals surface area contributed by atoms with Crippen LogP contribution in [0.3, 0.4) is 0 Å². The first-order valence-electron chi connectivity index (χ1n) is 20.8. The number of nitrogens with zero attached hydrogens (tertiary/aromatic N) is 2. The fraction of sp³-hybridized carbons (Fsp3) is 0.250. The van der Waals surface area contributed by atoms with E-state index in [0.717, 1.165) is 53.5 Å². The van der Waals surface area contributed by atoms with E-state index in [2.05, 4.69) is 62.4 Å². The Morgan fingerprint density at radius 1 is 0.567 bits per heavy atom. The number of carbonyl (C=O) groups is 3. The van der Waals surface area contributed by atoms with E-state index in [4.69, 9.17) is 4.74 Å². The van der Waals surface area contributed by atoms with Crippen LogP contribution in [0.2, 0.25) is 0 Å². The van der Waals surface area contributed by atoms with Crippen LogP contribution in [0, 0.1) is 0 Å². The van der Waals surface area contributed by atoms with Crippen LogP contribution >= 0.6 is 0 Å². The molecule has 1 saturated heterocycles. The number of rotatable bonds is 16. The number of urea groups is 1. The quantitative estimate of drug-likeness (QED) is 0.0945. The molecule has 8 heteroatoms. The molecular weight excluding hydrogens is 749 g/mol. The third-order valence-corrected chi connectivity index (χ3v) is 11.5. The number of carboxylic acid groups (broad SMARTS) is 1. The number of carbonyl (C=O) groups excluding carboxylic acids is 2. The van der Waals surface area contributed by atoms with E-state index in [-0.39, 0.29) is 13.1 Å². The largest absolute Gasteiger partial charge is 0.480 e. The number of carboxylic acids is 1. The topological polar surface area (TPSA) is 107 Å². The number of benzene rings is 6. The fourth-order valence-corrected chi connectivity index (χ4v) is 8.26. The molecule has 1 fully saturated rings. The predicted octanol–water partition coefficient (Wildman–Crippen LogP) is 10.1. The second kappa shape index (κ2) is 18.6. The highest BCUT2D eigenvalue weighted by Crippen LogP contribution is 2.38. The lowest BCUT2D eigenvalue weighted by Gasteiger charge is -2.36. The van der Waals surface area contributed by atoms with Gasteiger partial charge in [0.1, 0.15) is 6.10 Å². The molecule has 6 aromatic carbocycles. The van der Waals surface area contributed by atoms with Crippen LogP contribution in [-0.2, 0) is 45.9 Å². The molecule has 7 rings (SSSR count). The zero-order chi connectivity index (χ0) is 42.2. The van der Waals surface area contributed by atoms with Crippen molar-refractivity contribution >= 4 is 18.0 Å². The lowest BCUT2D eigenvalue weighted by molar-refractivity contribution is -0.168. The molecule has 0 saturated carbocycles. The summed E-state index contributed by atoms with van der Waals surface area (Å²) in [6.45, 7) is 5.88. The van der Waals surface area contributed by atoms with Crippen molar-refractivity contribution in [2.24, 2.45) is 0 Å². The van der Waals surface area contributed by atoms with E-state index >= 15 is 0 Å². The fourth-order valence-electron chi connectivity index (χ4n) is 8.26. The van der Waals surface area contributed by atoms with Crippen molar-refractivity contribution in [3.8, 4) is 22.3 Å². The first-order chi connectivity index (χ1) is 29.1. The van der Waals surface area contributed by atoms with Gasteiger partial charge < -0.3 is 24.7 Å². The number of amides is 2. The maximum absolute atomic E-state index is 14.6. The molecule has 0 aliphatic carbocycles. The van der Waals surface area contributed by atoms with Crippen LogP contribution in [0.5, 0.6) is 0 Å². The maximum Gasteiger partial charge on any atom is 0.332 e. The van der Waals surface area contributed by atoms with Crippen LogP contribution in [0.15, 0.2) is 158 Å². The van der Waals surface area contributed by atoms with Crippen LogP contribution in [-0.4, -0.2) is 56.2 Å². The Kier molecular flexibility index (Phi) is 12.9. The minimum absolute atomic E-state index is 0.0189. The van der Waals surface area contributed by atoms with Gasteiger partial charge in [-0.25, -0.2) is 14.4 Å². The third-order valence-electron chi connectivity index (χ3n) is 11.5. The molecule has 8 nitrogen and oxygen atoms in total. The number of ether oxygens (including phenoxy) is 1. The molecule has 1 aliphatic rings. The van der Waals surface area contributed by atoms with Gasteiger partial charge in [0.2, 0.25) is 0 Å². The van der Waals surface area contributed by atoms with Crippen molar-refractivity contribution < 1.29 is 29.3 Å². The van der Waals surface area contributed by atoms with Gasteiger partial charge in [-0.2, -0.15) is 0 Å².